The highest BCUT2D eigenvalue weighted by atomic mass is 16.5. The summed E-state index contributed by atoms with van der Waals surface area (Å²) >= 11 is 0. The van der Waals surface area contributed by atoms with Crippen LogP contribution in [0.25, 0.3) is 0 Å². The van der Waals surface area contributed by atoms with Crippen LogP contribution in [0.3, 0.4) is 0 Å². The van der Waals surface area contributed by atoms with Gasteiger partial charge in [0.15, 0.2) is 11.5 Å². The third-order valence-corrected chi connectivity index (χ3v) is 3.10. The minimum Gasteiger partial charge on any atom is -0.493 e. The van der Waals surface area contributed by atoms with Gasteiger partial charge in [0.25, 0.3) is 0 Å². The summed E-state index contributed by atoms with van der Waals surface area (Å²) in [6.45, 7) is 2.06. The van der Waals surface area contributed by atoms with Crippen LogP contribution in [0.2, 0.25) is 0 Å². The number of methoxy groups -OCH3 is 2. The van der Waals surface area contributed by atoms with Gasteiger partial charge in [-0.05, 0) is 12.1 Å². The van der Waals surface area contributed by atoms with E-state index in [9.17, 15) is 4.79 Å². The maximum absolute atomic E-state index is 12.0. The molecule has 2 rings (SSSR count). The Hall–Kier alpha value is -1.79. The third kappa shape index (κ3) is 3.85. The zero-order valence-electron chi connectivity index (χ0n) is 11.8. The van der Waals surface area contributed by atoms with Crippen molar-refractivity contribution in [1.82, 2.24) is 5.32 Å². The predicted octanol–water partition coefficient (Wildman–Crippen LogP) is 1.02. The summed E-state index contributed by atoms with van der Waals surface area (Å²) in [5.74, 6) is 1.16. The zero-order valence-corrected chi connectivity index (χ0v) is 11.8. The van der Waals surface area contributed by atoms with E-state index in [1.165, 1.54) is 0 Å². The van der Waals surface area contributed by atoms with Gasteiger partial charge in [-0.3, -0.25) is 4.79 Å². The molecule has 20 heavy (non-hydrogen) atoms. The first kappa shape index (κ1) is 14.6. The van der Waals surface area contributed by atoms with Gasteiger partial charge in [-0.2, -0.15) is 0 Å². The Morgan fingerprint density at radius 1 is 1.40 bits per heavy atom. The molecule has 1 aromatic carbocycles. The summed E-state index contributed by atoms with van der Waals surface area (Å²) in [4.78, 5) is 12.0. The summed E-state index contributed by atoms with van der Waals surface area (Å²) in [5, 5.41) is 6.09. The van der Waals surface area contributed by atoms with Gasteiger partial charge in [-0.1, -0.05) is 0 Å². The summed E-state index contributed by atoms with van der Waals surface area (Å²) in [6, 6.07) is 5.35. The Morgan fingerprint density at radius 3 is 2.85 bits per heavy atom. The second-order valence-electron chi connectivity index (χ2n) is 4.55. The van der Waals surface area contributed by atoms with Gasteiger partial charge < -0.3 is 24.8 Å². The average Bonchev–Trinajstić information content (AvgIpc) is 2.48. The summed E-state index contributed by atoms with van der Waals surface area (Å²) in [7, 11) is 3.14. The number of benzene rings is 1. The molecule has 6 heteroatoms. The maximum Gasteiger partial charge on any atom is 0.226 e. The number of amides is 1. The molecule has 0 saturated carbocycles. The smallest absolute Gasteiger partial charge is 0.226 e. The standard InChI is InChI=1S/C14H20N2O4/c1-18-12-4-3-10(7-13(12)19-2)16-14(17)8-11-9-20-6-5-15-11/h3-4,7,11,15H,5-6,8-9H2,1-2H3,(H,16,17). The van der Waals surface area contributed by atoms with Crippen molar-refractivity contribution in [3.63, 3.8) is 0 Å². The molecule has 0 radical (unpaired) electrons. The van der Waals surface area contributed by atoms with Gasteiger partial charge in [-0.15, -0.1) is 0 Å². The fourth-order valence-corrected chi connectivity index (χ4v) is 2.10. The molecule has 1 heterocycles. The van der Waals surface area contributed by atoms with Crippen molar-refractivity contribution in [2.75, 3.05) is 39.3 Å². The zero-order chi connectivity index (χ0) is 14.4. The lowest BCUT2D eigenvalue weighted by molar-refractivity contribution is -0.117. The average molecular weight is 280 g/mol. The Labute approximate surface area is 118 Å². The first-order valence-electron chi connectivity index (χ1n) is 6.56. The van der Waals surface area contributed by atoms with Crippen molar-refractivity contribution in [2.45, 2.75) is 12.5 Å². The van der Waals surface area contributed by atoms with Crippen molar-refractivity contribution in [3.05, 3.63) is 18.2 Å². The first-order chi connectivity index (χ1) is 9.72. The number of anilines is 1. The van der Waals surface area contributed by atoms with Crippen LogP contribution >= 0.6 is 0 Å². The summed E-state index contributed by atoms with van der Waals surface area (Å²) < 4.78 is 15.7. The Balaban J connectivity index is 1.93. The Morgan fingerprint density at radius 2 is 2.20 bits per heavy atom. The van der Waals surface area contributed by atoms with Gasteiger partial charge >= 0.3 is 0 Å². The molecule has 6 nitrogen and oxygen atoms in total. The number of hydrogen-bond acceptors (Lipinski definition) is 5. The fourth-order valence-electron chi connectivity index (χ4n) is 2.10. The van der Waals surface area contributed by atoms with Crippen LogP contribution in [0, 0.1) is 0 Å². The minimum absolute atomic E-state index is 0.0554. The molecule has 1 aliphatic heterocycles. The highest BCUT2D eigenvalue weighted by molar-refractivity contribution is 5.91. The molecule has 1 amide bonds. The molecular formula is C14H20N2O4. The second-order valence-corrected chi connectivity index (χ2v) is 4.55. The van der Waals surface area contributed by atoms with Crippen LogP contribution in [0.5, 0.6) is 11.5 Å². The van der Waals surface area contributed by atoms with Gasteiger partial charge in [-0.25, -0.2) is 0 Å². The van der Waals surface area contributed by atoms with Crippen LogP contribution in [0.1, 0.15) is 6.42 Å². The molecule has 2 N–H and O–H groups in total. The highest BCUT2D eigenvalue weighted by Crippen LogP contribution is 2.29. The number of hydrogen-bond donors (Lipinski definition) is 2. The van der Waals surface area contributed by atoms with Gasteiger partial charge in [0.05, 0.1) is 27.4 Å². The van der Waals surface area contributed by atoms with Crippen LogP contribution in [0.15, 0.2) is 18.2 Å². The molecule has 0 aromatic heterocycles. The lowest BCUT2D eigenvalue weighted by atomic mass is 10.2. The van der Waals surface area contributed by atoms with E-state index in [0.717, 1.165) is 6.54 Å². The van der Waals surface area contributed by atoms with E-state index in [1.807, 2.05) is 0 Å². The summed E-state index contributed by atoms with van der Waals surface area (Å²) in [5.41, 5.74) is 0.685. The largest absolute Gasteiger partial charge is 0.493 e. The van der Waals surface area contributed by atoms with E-state index in [1.54, 1.807) is 32.4 Å². The van der Waals surface area contributed by atoms with Gasteiger partial charge in [0, 0.05) is 30.8 Å². The molecule has 1 atom stereocenters. The van der Waals surface area contributed by atoms with E-state index < -0.39 is 0 Å². The molecule has 0 spiro atoms. The molecule has 0 bridgehead atoms. The second kappa shape index (κ2) is 7.12. The number of morpholine rings is 1. The first-order valence-corrected chi connectivity index (χ1v) is 6.56. The molecule has 110 valence electrons. The molecule has 1 aliphatic rings. The predicted molar refractivity (Wildman–Crippen MR) is 75.4 cm³/mol. The van der Waals surface area contributed by atoms with Gasteiger partial charge in [0.1, 0.15) is 0 Å². The van der Waals surface area contributed by atoms with E-state index >= 15 is 0 Å². The maximum atomic E-state index is 12.0. The minimum atomic E-state index is -0.0554. The van der Waals surface area contributed by atoms with E-state index in [2.05, 4.69) is 10.6 Å². The lowest BCUT2D eigenvalue weighted by Gasteiger charge is -2.23. The third-order valence-electron chi connectivity index (χ3n) is 3.10. The Kier molecular flexibility index (Phi) is 5.20. The van der Waals surface area contributed by atoms with Crippen LogP contribution in [-0.4, -0.2) is 45.9 Å². The van der Waals surface area contributed by atoms with Crippen molar-refractivity contribution in [2.24, 2.45) is 0 Å². The van der Waals surface area contributed by atoms with E-state index in [0.29, 0.717) is 36.8 Å². The van der Waals surface area contributed by atoms with Crippen molar-refractivity contribution in [3.8, 4) is 11.5 Å². The molecule has 0 aliphatic carbocycles. The molecule has 1 fully saturated rings. The van der Waals surface area contributed by atoms with Crippen LogP contribution < -0.4 is 20.1 Å². The Bertz CT molecular complexity index is 458. The quantitative estimate of drug-likeness (QED) is 0.843. The van der Waals surface area contributed by atoms with Crippen LogP contribution in [-0.2, 0) is 9.53 Å². The van der Waals surface area contributed by atoms with Crippen molar-refractivity contribution in [1.29, 1.82) is 0 Å². The number of carbonyl (C=O) groups is 1. The van der Waals surface area contributed by atoms with Gasteiger partial charge in [0.2, 0.25) is 5.91 Å². The topological polar surface area (TPSA) is 68.8 Å². The van der Waals surface area contributed by atoms with E-state index in [-0.39, 0.29) is 11.9 Å². The number of rotatable bonds is 5. The number of nitrogens with one attached hydrogen (secondary N) is 2. The SMILES string of the molecule is COc1ccc(NC(=O)CC2COCCN2)cc1OC. The molecule has 1 aromatic rings. The lowest BCUT2D eigenvalue weighted by Crippen LogP contribution is -2.43. The highest BCUT2D eigenvalue weighted by Gasteiger charge is 2.17. The number of ether oxygens (including phenoxy) is 3. The molecule has 1 saturated heterocycles. The number of carbonyl (C=O) groups excluding carboxylic acids is 1. The summed E-state index contributed by atoms with van der Waals surface area (Å²) in [6.07, 6.45) is 0.383. The molecule has 1 unspecified atom stereocenters. The van der Waals surface area contributed by atoms with Crippen LogP contribution in [0.4, 0.5) is 5.69 Å². The van der Waals surface area contributed by atoms with E-state index in [4.69, 9.17) is 14.2 Å². The normalized spacial score (nSPS) is 18.4. The monoisotopic (exact) mass is 280 g/mol. The fraction of sp³-hybridized carbons (Fsp3) is 0.500. The molecular weight excluding hydrogens is 260 g/mol. The van der Waals surface area contributed by atoms with Crippen molar-refractivity contribution < 1.29 is 19.0 Å². The van der Waals surface area contributed by atoms with Crippen molar-refractivity contribution >= 4 is 11.6 Å².